The van der Waals surface area contributed by atoms with Crippen LogP contribution in [0.3, 0.4) is 0 Å². The molecule has 0 aromatic heterocycles. The van der Waals surface area contributed by atoms with Crippen LogP contribution in [0.2, 0.25) is 5.02 Å². The molecule has 14 heavy (non-hydrogen) atoms. The van der Waals surface area contributed by atoms with Gasteiger partial charge in [-0.2, -0.15) is 10.5 Å². The maximum Gasteiger partial charge on any atom is 0.264 e. The number of nitrogens with zero attached hydrogens (tertiary/aromatic N) is 2. The van der Waals surface area contributed by atoms with Crippen LogP contribution >= 0.6 is 11.6 Å². The molecule has 0 bridgehead atoms. The van der Waals surface area contributed by atoms with E-state index >= 15 is 0 Å². The highest BCUT2D eigenvalue weighted by Gasteiger charge is 2.29. The minimum Gasteiger partial charge on any atom is -0.360 e. The number of benzene rings is 1. The third-order valence-electron chi connectivity index (χ3n) is 1.66. The van der Waals surface area contributed by atoms with Gasteiger partial charge < -0.3 is 5.11 Å². The summed E-state index contributed by atoms with van der Waals surface area (Å²) in [6.07, 6.45) is 0. The van der Waals surface area contributed by atoms with Crippen LogP contribution in [0.4, 0.5) is 4.39 Å². The molecular formula is C9H4ClFN2O. The zero-order valence-electron chi connectivity index (χ0n) is 6.83. The second-order valence-corrected chi connectivity index (χ2v) is 2.97. The first-order chi connectivity index (χ1) is 6.53. The van der Waals surface area contributed by atoms with Gasteiger partial charge in [0.25, 0.3) is 5.60 Å². The molecule has 0 atom stereocenters. The summed E-state index contributed by atoms with van der Waals surface area (Å²) in [6, 6.07) is 5.97. The van der Waals surface area contributed by atoms with Gasteiger partial charge in [0, 0.05) is 5.56 Å². The first-order valence-electron chi connectivity index (χ1n) is 3.54. The van der Waals surface area contributed by atoms with E-state index in [4.69, 9.17) is 22.1 Å². The lowest BCUT2D eigenvalue weighted by Crippen LogP contribution is -2.20. The van der Waals surface area contributed by atoms with E-state index in [2.05, 4.69) is 0 Å². The second-order valence-electron chi connectivity index (χ2n) is 2.56. The molecule has 0 amide bonds. The molecule has 0 aliphatic rings. The summed E-state index contributed by atoms with van der Waals surface area (Å²) in [5, 5.41) is 26.2. The van der Waals surface area contributed by atoms with E-state index in [0.717, 1.165) is 18.2 Å². The Bertz CT molecular complexity index is 433. The molecule has 0 fully saturated rings. The Kier molecular flexibility index (Phi) is 2.71. The molecule has 0 aliphatic carbocycles. The smallest absolute Gasteiger partial charge is 0.264 e. The lowest BCUT2D eigenvalue weighted by atomic mass is 9.97. The van der Waals surface area contributed by atoms with E-state index in [1.54, 1.807) is 0 Å². The Morgan fingerprint density at radius 1 is 1.36 bits per heavy atom. The average molecular weight is 211 g/mol. The van der Waals surface area contributed by atoms with Gasteiger partial charge in [-0.05, 0) is 12.1 Å². The fraction of sp³-hybridized carbons (Fsp3) is 0.111. The van der Waals surface area contributed by atoms with Crippen molar-refractivity contribution in [2.45, 2.75) is 5.60 Å². The first-order valence-corrected chi connectivity index (χ1v) is 3.91. The summed E-state index contributed by atoms with van der Waals surface area (Å²) in [4.78, 5) is 0. The topological polar surface area (TPSA) is 67.8 Å². The normalized spacial score (nSPS) is 10.4. The Morgan fingerprint density at radius 2 is 1.93 bits per heavy atom. The van der Waals surface area contributed by atoms with E-state index in [1.807, 2.05) is 0 Å². The van der Waals surface area contributed by atoms with Gasteiger partial charge in [0.05, 0.1) is 5.02 Å². The summed E-state index contributed by atoms with van der Waals surface area (Å²) in [7, 11) is 0. The summed E-state index contributed by atoms with van der Waals surface area (Å²) in [5.74, 6) is -0.673. The van der Waals surface area contributed by atoms with Gasteiger partial charge in [0.15, 0.2) is 0 Å². The van der Waals surface area contributed by atoms with Crippen molar-refractivity contribution in [3.05, 3.63) is 34.6 Å². The van der Waals surface area contributed by atoms with Gasteiger partial charge in [-0.25, -0.2) is 4.39 Å². The quantitative estimate of drug-likeness (QED) is 0.718. The first kappa shape index (κ1) is 10.5. The number of rotatable bonds is 1. The van der Waals surface area contributed by atoms with Gasteiger partial charge in [0.1, 0.15) is 18.0 Å². The van der Waals surface area contributed by atoms with Crippen molar-refractivity contribution in [2.24, 2.45) is 0 Å². The predicted molar refractivity (Wildman–Crippen MR) is 46.5 cm³/mol. The van der Waals surface area contributed by atoms with Crippen LogP contribution in [-0.2, 0) is 5.60 Å². The summed E-state index contributed by atoms with van der Waals surface area (Å²) in [5.41, 5.74) is -2.33. The molecule has 1 N–H and O–H groups in total. The number of hydrogen-bond acceptors (Lipinski definition) is 3. The molecule has 5 heteroatoms. The monoisotopic (exact) mass is 210 g/mol. The fourth-order valence-electron chi connectivity index (χ4n) is 0.875. The van der Waals surface area contributed by atoms with Gasteiger partial charge in [-0.15, -0.1) is 0 Å². The van der Waals surface area contributed by atoms with Gasteiger partial charge in [0.2, 0.25) is 0 Å². The third-order valence-corrected chi connectivity index (χ3v) is 1.95. The zero-order valence-corrected chi connectivity index (χ0v) is 7.59. The maximum atomic E-state index is 12.7. The molecule has 3 nitrogen and oxygen atoms in total. The SMILES string of the molecule is N#CC(O)(C#N)c1ccc(F)c(Cl)c1. The molecule has 0 unspecified atom stereocenters. The highest BCUT2D eigenvalue weighted by atomic mass is 35.5. The van der Waals surface area contributed by atoms with Crippen LogP contribution in [0.25, 0.3) is 0 Å². The number of aliphatic hydroxyl groups is 1. The van der Waals surface area contributed by atoms with E-state index in [-0.39, 0.29) is 10.6 Å². The Hall–Kier alpha value is -1.62. The molecule has 1 aromatic rings. The van der Waals surface area contributed by atoms with E-state index in [9.17, 15) is 9.50 Å². The van der Waals surface area contributed by atoms with Crippen molar-refractivity contribution in [1.82, 2.24) is 0 Å². The van der Waals surface area contributed by atoms with E-state index in [1.165, 1.54) is 12.1 Å². The van der Waals surface area contributed by atoms with Crippen molar-refractivity contribution in [1.29, 1.82) is 10.5 Å². The van der Waals surface area contributed by atoms with Crippen molar-refractivity contribution in [3.63, 3.8) is 0 Å². The zero-order chi connectivity index (χ0) is 10.8. The summed E-state index contributed by atoms with van der Waals surface area (Å²) in [6.45, 7) is 0. The average Bonchev–Trinajstić information content (AvgIpc) is 2.21. The molecule has 1 rings (SSSR count). The maximum absolute atomic E-state index is 12.7. The summed E-state index contributed by atoms with van der Waals surface area (Å²) >= 11 is 5.43. The van der Waals surface area contributed by atoms with Gasteiger partial charge >= 0.3 is 0 Å². The molecule has 0 radical (unpaired) electrons. The molecule has 1 aromatic carbocycles. The van der Waals surface area contributed by atoms with Gasteiger partial charge in [-0.1, -0.05) is 17.7 Å². The molecule has 0 aliphatic heterocycles. The summed E-state index contributed by atoms with van der Waals surface area (Å²) < 4.78 is 12.7. The third kappa shape index (κ3) is 1.67. The Labute approximate surface area is 84.6 Å². The van der Waals surface area contributed by atoms with Crippen LogP contribution in [0, 0.1) is 28.5 Å². The van der Waals surface area contributed by atoms with Crippen LogP contribution in [-0.4, -0.2) is 5.11 Å². The highest BCUT2D eigenvalue weighted by molar-refractivity contribution is 6.30. The minimum atomic E-state index is -2.28. The number of hydrogen-bond donors (Lipinski definition) is 1. The van der Waals surface area contributed by atoms with Crippen LogP contribution in [0.5, 0.6) is 0 Å². The molecule has 0 saturated heterocycles. The van der Waals surface area contributed by atoms with E-state index in [0.29, 0.717) is 0 Å². The van der Waals surface area contributed by atoms with Crippen LogP contribution in [0.1, 0.15) is 5.56 Å². The van der Waals surface area contributed by atoms with Crippen molar-refractivity contribution in [2.75, 3.05) is 0 Å². The Balaban J connectivity index is 3.30. The predicted octanol–water partition coefficient (Wildman–Crippen LogP) is 1.71. The number of halogens is 2. The second kappa shape index (κ2) is 3.63. The molecule has 0 saturated carbocycles. The van der Waals surface area contributed by atoms with E-state index < -0.39 is 11.4 Å². The van der Waals surface area contributed by atoms with Crippen molar-refractivity contribution < 1.29 is 9.50 Å². The Morgan fingerprint density at radius 3 is 2.36 bits per heavy atom. The largest absolute Gasteiger partial charge is 0.360 e. The molecular weight excluding hydrogens is 207 g/mol. The van der Waals surface area contributed by atoms with Crippen molar-refractivity contribution >= 4 is 11.6 Å². The lowest BCUT2D eigenvalue weighted by Gasteiger charge is -2.11. The minimum absolute atomic E-state index is 0.0473. The van der Waals surface area contributed by atoms with Crippen LogP contribution < -0.4 is 0 Å². The number of nitriles is 2. The van der Waals surface area contributed by atoms with Crippen molar-refractivity contribution in [3.8, 4) is 12.1 Å². The lowest BCUT2D eigenvalue weighted by molar-refractivity contribution is 0.159. The highest BCUT2D eigenvalue weighted by Crippen LogP contribution is 2.24. The molecule has 70 valence electrons. The standard InChI is InChI=1S/C9H4ClFN2O/c10-7-3-6(1-2-8(7)11)9(14,4-12)5-13/h1-3,14H. The van der Waals surface area contributed by atoms with Crippen LogP contribution in [0.15, 0.2) is 18.2 Å². The van der Waals surface area contributed by atoms with Gasteiger partial charge in [-0.3, -0.25) is 0 Å². The molecule has 0 heterocycles. The fourth-order valence-corrected chi connectivity index (χ4v) is 1.06. The molecule has 0 spiro atoms.